The van der Waals surface area contributed by atoms with Crippen LogP contribution in [0.25, 0.3) is 11.0 Å². The van der Waals surface area contributed by atoms with E-state index in [2.05, 4.69) is 5.16 Å². The lowest BCUT2D eigenvalue weighted by molar-refractivity contribution is 0.0969. The lowest BCUT2D eigenvalue weighted by Crippen LogP contribution is -2.30. The largest absolute Gasteiger partial charge is 0.493 e. The molecular weight excluding hydrogens is 447 g/mol. The molecule has 1 amide bonds. The average molecular weight is 466 g/mol. The zero-order chi connectivity index (χ0) is 24.1. The van der Waals surface area contributed by atoms with Crippen LogP contribution in [0.1, 0.15) is 33.5 Å². The quantitative estimate of drug-likeness (QED) is 0.435. The van der Waals surface area contributed by atoms with Crippen molar-refractivity contribution in [2.24, 2.45) is 0 Å². The van der Waals surface area contributed by atoms with Gasteiger partial charge in [0.15, 0.2) is 22.7 Å². The van der Waals surface area contributed by atoms with Gasteiger partial charge in [-0.1, -0.05) is 5.16 Å². The van der Waals surface area contributed by atoms with E-state index in [1.807, 2.05) is 0 Å². The van der Waals surface area contributed by atoms with Gasteiger partial charge >= 0.3 is 0 Å². The smallest absolute Gasteiger partial charge is 0.296 e. The summed E-state index contributed by atoms with van der Waals surface area (Å²) < 4.78 is 41.5. The third-order valence-corrected chi connectivity index (χ3v) is 5.72. The summed E-state index contributed by atoms with van der Waals surface area (Å²) >= 11 is 0. The molecule has 0 fully saturated rings. The first-order chi connectivity index (χ1) is 16.4. The maximum absolute atomic E-state index is 14.0. The van der Waals surface area contributed by atoms with Crippen molar-refractivity contribution >= 4 is 22.7 Å². The molecule has 1 aliphatic rings. The lowest BCUT2D eigenvalue weighted by Gasteiger charge is -2.25. The molecule has 1 atom stereocenters. The van der Waals surface area contributed by atoms with E-state index in [0.717, 1.165) is 12.1 Å². The van der Waals surface area contributed by atoms with Crippen molar-refractivity contribution in [2.75, 3.05) is 26.2 Å². The van der Waals surface area contributed by atoms with E-state index >= 15 is 0 Å². The minimum atomic E-state index is -1.02. The van der Waals surface area contributed by atoms with E-state index < -0.39 is 23.2 Å². The highest BCUT2D eigenvalue weighted by Crippen LogP contribution is 2.48. The van der Waals surface area contributed by atoms with Crippen molar-refractivity contribution in [2.45, 2.75) is 13.0 Å². The van der Waals surface area contributed by atoms with E-state index in [9.17, 15) is 14.0 Å². The average Bonchev–Trinajstić information content (AvgIpc) is 3.39. The fraction of sp³-hybridized carbons (Fsp3) is 0.208. The molecule has 0 aliphatic carbocycles. The number of amides is 1. The number of aromatic nitrogens is 1. The Bertz CT molecular complexity index is 1510. The van der Waals surface area contributed by atoms with Gasteiger partial charge in [0.05, 0.1) is 32.3 Å². The van der Waals surface area contributed by atoms with Crippen molar-refractivity contribution in [3.8, 4) is 17.2 Å². The lowest BCUT2D eigenvalue weighted by atomic mass is 9.97. The predicted octanol–water partition coefficient (Wildman–Crippen LogP) is 4.00. The van der Waals surface area contributed by atoms with Gasteiger partial charge in [-0.15, -0.1) is 0 Å². The summed E-state index contributed by atoms with van der Waals surface area (Å²) in [6, 6.07) is 7.38. The van der Waals surface area contributed by atoms with Crippen molar-refractivity contribution in [1.82, 2.24) is 5.16 Å². The summed E-state index contributed by atoms with van der Waals surface area (Å²) in [6.45, 7) is 1.68. The molecule has 2 aromatic heterocycles. The van der Waals surface area contributed by atoms with Gasteiger partial charge in [0.25, 0.3) is 5.91 Å². The van der Waals surface area contributed by atoms with Gasteiger partial charge in [-0.3, -0.25) is 14.5 Å². The van der Waals surface area contributed by atoms with Gasteiger partial charge in [-0.2, -0.15) is 0 Å². The van der Waals surface area contributed by atoms with E-state index in [4.69, 9.17) is 23.2 Å². The number of rotatable bonds is 5. The molecule has 9 nitrogen and oxygen atoms in total. The molecule has 0 saturated heterocycles. The Morgan fingerprint density at radius 2 is 1.76 bits per heavy atom. The predicted molar refractivity (Wildman–Crippen MR) is 118 cm³/mol. The summed E-state index contributed by atoms with van der Waals surface area (Å²) in [6.07, 6.45) is 0. The van der Waals surface area contributed by atoms with Crippen molar-refractivity contribution in [3.05, 3.63) is 75.1 Å². The van der Waals surface area contributed by atoms with E-state index in [0.29, 0.717) is 17.1 Å². The molecule has 1 unspecified atom stereocenters. The summed E-state index contributed by atoms with van der Waals surface area (Å²) in [5.74, 6) is 0.165. The van der Waals surface area contributed by atoms with Crippen LogP contribution in [0.2, 0.25) is 0 Å². The van der Waals surface area contributed by atoms with Gasteiger partial charge < -0.3 is 23.2 Å². The molecule has 0 radical (unpaired) electrons. The highest BCUT2D eigenvalue weighted by molar-refractivity contribution is 6.10. The minimum absolute atomic E-state index is 0.00850. The fourth-order valence-corrected chi connectivity index (χ4v) is 4.28. The molecule has 0 spiro atoms. The maximum atomic E-state index is 14.0. The first kappa shape index (κ1) is 21.5. The Balaban J connectivity index is 1.86. The fourth-order valence-electron chi connectivity index (χ4n) is 4.28. The van der Waals surface area contributed by atoms with Gasteiger partial charge in [0.2, 0.25) is 11.5 Å². The molecule has 5 rings (SSSR count). The van der Waals surface area contributed by atoms with Crippen molar-refractivity contribution in [3.63, 3.8) is 0 Å². The number of benzene rings is 2. The number of ether oxygens (including phenoxy) is 3. The van der Waals surface area contributed by atoms with Crippen molar-refractivity contribution in [1.29, 1.82) is 0 Å². The number of anilines is 1. The van der Waals surface area contributed by atoms with Crippen molar-refractivity contribution < 1.29 is 32.3 Å². The zero-order valence-electron chi connectivity index (χ0n) is 18.7. The Labute approximate surface area is 192 Å². The molecule has 3 heterocycles. The molecule has 0 saturated carbocycles. The van der Waals surface area contributed by atoms with Crippen LogP contribution in [0, 0.1) is 12.7 Å². The topological polar surface area (TPSA) is 104 Å². The SMILES string of the molecule is COc1ccc(C2c3c(oc4ccc(F)cc4c3=O)C(=O)N2c2cc(C)on2)c(OC)c1OC. The van der Waals surface area contributed by atoms with Gasteiger partial charge in [-0.05, 0) is 37.3 Å². The molecule has 34 heavy (non-hydrogen) atoms. The summed E-state index contributed by atoms with van der Waals surface area (Å²) in [5, 5.41) is 3.99. The van der Waals surface area contributed by atoms with Gasteiger partial charge in [0, 0.05) is 11.6 Å². The maximum Gasteiger partial charge on any atom is 0.296 e. The second kappa shape index (κ2) is 7.91. The number of carbonyl (C=O) groups is 1. The third kappa shape index (κ3) is 3.02. The highest BCUT2D eigenvalue weighted by Gasteiger charge is 2.46. The molecule has 0 bridgehead atoms. The Hall–Kier alpha value is -4.34. The van der Waals surface area contributed by atoms with Crippen LogP contribution in [0.5, 0.6) is 17.2 Å². The molecule has 0 N–H and O–H groups in total. The number of fused-ring (bicyclic) bond motifs is 2. The third-order valence-electron chi connectivity index (χ3n) is 5.72. The number of methoxy groups -OCH3 is 3. The number of hydrogen-bond acceptors (Lipinski definition) is 8. The first-order valence-electron chi connectivity index (χ1n) is 10.2. The monoisotopic (exact) mass is 466 g/mol. The molecular formula is C24H19FN2O7. The second-order valence-corrected chi connectivity index (χ2v) is 7.61. The highest BCUT2D eigenvalue weighted by atomic mass is 19.1. The van der Waals surface area contributed by atoms with E-state index in [1.165, 1.54) is 32.3 Å². The van der Waals surface area contributed by atoms with Crippen LogP contribution < -0.4 is 24.5 Å². The number of halogens is 1. The standard InChI is InChI=1S/C24H19FN2O7/c1-11-9-17(26-34-11)27-19(13-6-8-16(30-2)22(32-4)21(13)31-3)18-20(28)14-10-12(25)5-7-15(14)33-23(18)24(27)29/h5-10,19H,1-4H3. The van der Waals surface area contributed by atoms with Crippen LogP contribution in [0.3, 0.4) is 0 Å². The molecule has 1 aliphatic heterocycles. The minimum Gasteiger partial charge on any atom is -0.493 e. The van der Waals surface area contributed by atoms with Crippen LogP contribution in [-0.2, 0) is 0 Å². The van der Waals surface area contributed by atoms with Gasteiger partial charge in [-0.25, -0.2) is 4.39 Å². The number of hydrogen-bond donors (Lipinski definition) is 0. The van der Waals surface area contributed by atoms with Crippen LogP contribution >= 0.6 is 0 Å². The summed E-state index contributed by atoms with van der Waals surface area (Å²) in [4.78, 5) is 28.5. The van der Waals surface area contributed by atoms with E-state index in [-0.39, 0.29) is 39.6 Å². The summed E-state index contributed by atoms with van der Waals surface area (Å²) in [5.41, 5.74) is -0.0198. The molecule has 10 heteroatoms. The molecule has 2 aromatic carbocycles. The summed E-state index contributed by atoms with van der Waals surface area (Å²) in [7, 11) is 4.35. The number of aryl methyl sites for hydroxylation is 1. The van der Waals surface area contributed by atoms with Crippen LogP contribution in [-0.4, -0.2) is 32.4 Å². The van der Waals surface area contributed by atoms with E-state index in [1.54, 1.807) is 25.1 Å². The number of nitrogens with zero attached hydrogens (tertiary/aromatic N) is 2. The molecule has 4 aromatic rings. The van der Waals surface area contributed by atoms with Gasteiger partial charge in [0.1, 0.15) is 23.2 Å². The second-order valence-electron chi connectivity index (χ2n) is 7.61. The Morgan fingerprint density at radius 3 is 2.41 bits per heavy atom. The van der Waals surface area contributed by atoms with Crippen LogP contribution in [0.15, 0.2) is 50.1 Å². The number of carbonyl (C=O) groups excluding carboxylic acids is 1. The first-order valence-corrected chi connectivity index (χ1v) is 10.2. The van der Waals surface area contributed by atoms with Crippen LogP contribution in [0.4, 0.5) is 10.2 Å². The Morgan fingerprint density at radius 1 is 1.00 bits per heavy atom. The zero-order valence-corrected chi connectivity index (χ0v) is 18.7. The Kier molecular flexibility index (Phi) is 5.00. The molecule has 174 valence electrons. The normalized spacial score (nSPS) is 15.0.